The maximum Gasteiger partial charge on any atom is 0.221 e. The summed E-state index contributed by atoms with van der Waals surface area (Å²) in [5.74, 6) is 0.607. The largest absolute Gasteiger partial charge is 0.369 e. The van der Waals surface area contributed by atoms with Gasteiger partial charge in [0.05, 0.1) is 18.5 Å². The fraction of sp³-hybridized carbons (Fsp3) is 0.462. The molecule has 1 fully saturated rings. The van der Waals surface area contributed by atoms with E-state index in [0.29, 0.717) is 6.54 Å². The number of nitrogens with zero attached hydrogens (tertiary/aromatic N) is 2. The molecule has 2 aromatic carbocycles. The van der Waals surface area contributed by atoms with Gasteiger partial charge in [-0.1, -0.05) is 48.5 Å². The van der Waals surface area contributed by atoms with E-state index >= 15 is 0 Å². The van der Waals surface area contributed by atoms with Crippen LogP contribution in [0.5, 0.6) is 0 Å². The predicted molar refractivity (Wildman–Crippen MR) is 147 cm³/mol. The van der Waals surface area contributed by atoms with Crippen molar-refractivity contribution in [2.75, 3.05) is 19.6 Å². The molecule has 2 unspecified atom stereocenters. The van der Waals surface area contributed by atoms with E-state index in [0.717, 1.165) is 45.0 Å². The number of halogens is 1. The second-order valence-corrected chi connectivity index (χ2v) is 8.71. The van der Waals surface area contributed by atoms with Crippen LogP contribution in [0.3, 0.4) is 0 Å². The number of carbonyl (C=O) groups excluding carboxylic acids is 1. The lowest BCUT2D eigenvalue weighted by molar-refractivity contribution is -0.123. The minimum Gasteiger partial charge on any atom is -0.369 e. The van der Waals surface area contributed by atoms with Crippen molar-refractivity contribution in [3.63, 3.8) is 0 Å². The van der Waals surface area contributed by atoms with Gasteiger partial charge in [0.2, 0.25) is 5.91 Å². The molecule has 0 aliphatic carbocycles. The molecular formula is C26H38IN5O. The number of hydrogen-bond acceptors (Lipinski definition) is 3. The third kappa shape index (κ3) is 8.30. The van der Waals surface area contributed by atoms with Crippen molar-refractivity contribution in [3.8, 4) is 0 Å². The van der Waals surface area contributed by atoms with Crippen molar-refractivity contribution < 1.29 is 4.79 Å². The zero-order chi connectivity index (χ0) is 22.9. The third-order valence-corrected chi connectivity index (χ3v) is 6.08. The molecule has 1 aliphatic heterocycles. The van der Waals surface area contributed by atoms with Gasteiger partial charge in [-0.25, -0.2) is 4.99 Å². The van der Waals surface area contributed by atoms with E-state index in [1.807, 2.05) is 0 Å². The number of aliphatic imine (C=N–C) groups is 1. The molecule has 3 rings (SSSR count). The molecule has 0 saturated carbocycles. The van der Waals surface area contributed by atoms with Crippen LogP contribution in [0.1, 0.15) is 55.0 Å². The Morgan fingerprint density at radius 2 is 1.97 bits per heavy atom. The van der Waals surface area contributed by atoms with Crippen molar-refractivity contribution in [2.24, 2.45) is 16.6 Å². The molecule has 1 aliphatic rings. The lowest BCUT2D eigenvalue weighted by atomic mass is 9.97. The van der Waals surface area contributed by atoms with Crippen LogP contribution in [0.2, 0.25) is 0 Å². The summed E-state index contributed by atoms with van der Waals surface area (Å²) in [7, 11) is 0. The van der Waals surface area contributed by atoms with Crippen molar-refractivity contribution in [2.45, 2.75) is 52.7 Å². The number of benzene rings is 2. The molecule has 33 heavy (non-hydrogen) atoms. The number of amides is 1. The topological polar surface area (TPSA) is 82.8 Å². The molecule has 4 N–H and O–H groups in total. The minimum atomic E-state index is -0.179. The van der Waals surface area contributed by atoms with Crippen molar-refractivity contribution in [1.82, 2.24) is 15.5 Å². The Morgan fingerprint density at radius 1 is 1.21 bits per heavy atom. The Morgan fingerprint density at radius 3 is 2.70 bits per heavy atom. The molecule has 1 heterocycles. The maximum absolute atomic E-state index is 11.6. The highest BCUT2D eigenvalue weighted by atomic mass is 127. The van der Waals surface area contributed by atoms with Crippen LogP contribution in [0.25, 0.3) is 0 Å². The summed E-state index contributed by atoms with van der Waals surface area (Å²) in [6, 6.07) is 17.2. The summed E-state index contributed by atoms with van der Waals surface area (Å²) in [5, 5.41) is 6.88. The fourth-order valence-corrected chi connectivity index (χ4v) is 4.36. The second-order valence-electron chi connectivity index (χ2n) is 8.71. The first-order chi connectivity index (χ1) is 15.5. The number of piperidine rings is 1. The van der Waals surface area contributed by atoms with Crippen LogP contribution in [0, 0.1) is 12.8 Å². The third-order valence-electron chi connectivity index (χ3n) is 6.08. The number of hydrogen-bond donors (Lipinski definition) is 3. The molecule has 2 aromatic rings. The highest BCUT2D eigenvalue weighted by Gasteiger charge is 2.23. The lowest BCUT2D eigenvalue weighted by Crippen LogP contribution is -2.40. The number of nitrogens with one attached hydrogen (secondary N) is 2. The summed E-state index contributed by atoms with van der Waals surface area (Å²) in [5.41, 5.74) is 10.5. The predicted octanol–water partition coefficient (Wildman–Crippen LogP) is 4.13. The first kappa shape index (κ1) is 27.1. The van der Waals surface area contributed by atoms with Gasteiger partial charge in [0, 0.05) is 19.6 Å². The van der Waals surface area contributed by atoms with Gasteiger partial charge in [0.25, 0.3) is 0 Å². The van der Waals surface area contributed by atoms with Crippen LogP contribution < -0.4 is 16.4 Å². The number of guanidine groups is 1. The molecule has 6 nitrogen and oxygen atoms in total. The Hall–Kier alpha value is -2.13. The van der Waals surface area contributed by atoms with E-state index in [2.05, 4.69) is 84.8 Å². The zero-order valence-electron chi connectivity index (χ0n) is 20.0. The number of likely N-dealkylation sites (tertiary alicyclic amines) is 1. The summed E-state index contributed by atoms with van der Waals surface area (Å²) in [6.45, 7) is 10.4. The van der Waals surface area contributed by atoms with Gasteiger partial charge in [0.1, 0.15) is 0 Å². The molecule has 0 bridgehead atoms. The molecule has 2 atom stereocenters. The van der Waals surface area contributed by atoms with Gasteiger partial charge >= 0.3 is 0 Å². The monoisotopic (exact) mass is 563 g/mol. The average molecular weight is 564 g/mol. The summed E-state index contributed by atoms with van der Waals surface area (Å²) >= 11 is 0. The fourth-order valence-electron chi connectivity index (χ4n) is 4.36. The summed E-state index contributed by atoms with van der Waals surface area (Å²) < 4.78 is 0. The van der Waals surface area contributed by atoms with Crippen LogP contribution in [-0.2, 0) is 17.9 Å². The number of carbonyl (C=O) groups is 1. The van der Waals surface area contributed by atoms with Crippen LogP contribution in [0.15, 0.2) is 53.5 Å². The van der Waals surface area contributed by atoms with Gasteiger partial charge in [0.15, 0.2) is 5.96 Å². The van der Waals surface area contributed by atoms with E-state index < -0.39 is 0 Å². The van der Waals surface area contributed by atoms with Gasteiger partial charge in [-0.15, -0.1) is 24.0 Å². The molecule has 0 radical (unpaired) electrons. The van der Waals surface area contributed by atoms with Crippen molar-refractivity contribution >= 4 is 35.8 Å². The number of rotatable bonds is 8. The van der Waals surface area contributed by atoms with Crippen LogP contribution in [0.4, 0.5) is 0 Å². The quantitative estimate of drug-likeness (QED) is 0.256. The molecule has 1 amide bonds. The molecule has 0 aromatic heterocycles. The SMILES string of the molecule is CCNC(=NCc1cccc(CN2CCCC(C(N)=O)C2)c1)NC(C)c1ccccc1C.I. The van der Waals surface area contributed by atoms with Crippen LogP contribution >= 0.6 is 24.0 Å². The Labute approximate surface area is 215 Å². The van der Waals surface area contributed by atoms with Gasteiger partial charge < -0.3 is 16.4 Å². The minimum absolute atomic E-state index is 0. The smallest absolute Gasteiger partial charge is 0.221 e. The van der Waals surface area contributed by atoms with E-state index in [1.165, 1.54) is 22.3 Å². The first-order valence-corrected chi connectivity index (χ1v) is 11.7. The number of aryl methyl sites for hydroxylation is 1. The molecule has 0 spiro atoms. The zero-order valence-corrected chi connectivity index (χ0v) is 22.3. The second kappa shape index (κ2) is 13.5. The van der Waals surface area contributed by atoms with Crippen molar-refractivity contribution in [3.05, 3.63) is 70.8 Å². The average Bonchev–Trinajstić information content (AvgIpc) is 2.78. The molecule has 180 valence electrons. The Bertz CT molecular complexity index is 932. The van der Waals surface area contributed by atoms with E-state index in [1.54, 1.807) is 0 Å². The first-order valence-electron chi connectivity index (χ1n) is 11.7. The van der Waals surface area contributed by atoms with Gasteiger partial charge in [-0.3, -0.25) is 9.69 Å². The number of nitrogens with two attached hydrogens (primary N) is 1. The highest BCUT2D eigenvalue weighted by molar-refractivity contribution is 14.0. The van der Waals surface area contributed by atoms with E-state index in [4.69, 9.17) is 10.7 Å². The maximum atomic E-state index is 11.6. The Kier molecular flexibility index (Phi) is 11.1. The molecule has 7 heteroatoms. The van der Waals surface area contributed by atoms with E-state index in [9.17, 15) is 4.79 Å². The van der Waals surface area contributed by atoms with Crippen molar-refractivity contribution in [1.29, 1.82) is 0 Å². The Balaban J connectivity index is 0.00000385. The highest BCUT2D eigenvalue weighted by Crippen LogP contribution is 2.19. The van der Waals surface area contributed by atoms with Crippen LogP contribution in [-0.4, -0.2) is 36.4 Å². The van der Waals surface area contributed by atoms with Gasteiger partial charge in [-0.2, -0.15) is 0 Å². The summed E-state index contributed by atoms with van der Waals surface area (Å²) in [4.78, 5) is 18.7. The molecular weight excluding hydrogens is 525 g/mol. The normalized spacial score (nSPS) is 17.7. The standard InChI is InChI=1S/C26H37N5O.HI/c1-4-28-26(30-20(3)24-13-6-5-9-19(24)2)29-16-21-10-7-11-22(15-21)17-31-14-8-12-23(18-31)25(27)32;/h5-7,9-11,13,15,20,23H,4,8,12,14,16-18H2,1-3H3,(H2,27,32)(H2,28,29,30);1H. The van der Waals surface area contributed by atoms with Gasteiger partial charge in [-0.05, 0) is 62.4 Å². The number of primary amides is 1. The molecule has 1 saturated heterocycles. The summed E-state index contributed by atoms with van der Waals surface area (Å²) in [6.07, 6.45) is 1.93. The van der Waals surface area contributed by atoms with E-state index in [-0.39, 0.29) is 41.8 Å². The lowest BCUT2D eigenvalue weighted by Gasteiger charge is -2.31.